The van der Waals surface area contributed by atoms with Gasteiger partial charge in [0.15, 0.2) is 18.9 Å². The van der Waals surface area contributed by atoms with Crippen molar-refractivity contribution in [1.29, 1.82) is 0 Å². The summed E-state index contributed by atoms with van der Waals surface area (Å²) < 4.78 is 40.7. The first kappa shape index (κ1) is 43.3. The van der Waals surface area contributed by atoms with Gasteiger partial charge in [-0.05, 0) is 99.4 Å². The largest absolute Gasteiger partial charge is 0.458 e. The van der Waals surface area contributed by atoms with Crippen molar-refractivity contribution in [1.82, 2.24) is 0 Å². The maximum Gasteiger partial charge on any atom is 0.331 e. The molecule has 0 radical (unpaired) electrons. The average Bonchev–Trinajstić information content (AvgIpc) is 3.74. The molecule has 9 N–H and O–H groups in total. The second-order valence-corrected chi connectivity index (χ2v) is 19.0. The van der Waals surface area contributed by atoms with E-state index in [-0.39, 0.29) is 41.2 Å². The quantitative estimate of drug-likeness (QED) is 0.101. The van der Waals surface area contributed by atoms with E-state index < -0.39 is 105 Å². The van der Waals surface area contributed by atoms with Crippen molar-refractivity contribution in [3.63, 3.8) is 0 Å². The van der Waals surface area contributed by atoms with E-state index in [1.807, 2.05) is 0 Å². The lowest BCUT2D eigenvalue weighted by atomic mass is 9.43. The van der Waals surface area contributed by atoms with Crippen LogP contribution < -0.4 is 0 Å². The average molecular weight is 829 g/mol. The van der Waals surface area contributed by atoms with E-state index >= 15 is 0 Å². The van der Waals surface area contributed by atoms with Gasteiger partial charge in [-0.15, -0.1) is 0 Å². The molecule has 0 amide bonds. The molecule has 0 aromatic heterocycles. The Morgan fingerprint density at radius 2 is 1.47 bits per heavy atom. The molecule has 22 atom stereocenters. The van der Waals surface area contributed by atoms with Gasteiger partial charge in [-0.1, -0.05) is 13.8 Å². The number of carbonyl (C=O) groups excluding carboxylic acids is 1. The maximum atomic E-state index is 12.6. The Morgan fingerprint density at radius 3 is 2.16 bits per heavy atom. The smallest absolute Gasteiger partial charge is 0.331 e. The van der Waals surface area contributed by atoms with Gasteiger partial charge in [-0.3, -0.25) is 0 Å². The van der Waals surface area contributed by atoms with Crippen molar-refractivity contribution >= 4 is 5.97 Å². The molecule has 0 spiro atoms. The summed E-state index contributed by atoms with van der Waals surface area (Å²) >= 11 is 0. The number of fused-ring (bicyclic) bond motifs is 5. The van der Waals surface area contributed by atoms with Crippen molar-refractivity contribution in [2.45, 2.75) is 183 Å². The third-order valence-electron chi connectivity index (χ3n) is 16.2. The number of aliphatic hydroxyl groups excluding tert-OH is 8. The van der Waals surface area contributed by atoms with Gasteiger partial charge in [0.05, 0.1) is 37.1 Å². The van der Waals surface area contributed by atoms with Crippen molar-refractivity contribution in [3.8, 4) is 0 Å². The first-order valence-electron chi connectivity index (χ1n) is 21.3. The summed E-state index contributed by atoms with van der Waals surface area (Å²) in [6, 6.07) is 0. The van der Waals surface area contributed by atoms with Crippen LogP contribution in [0.1, 0.15) is 85.0 Å². The van der Waals surface area contributed by atoms with Crippen LogP contribution in [0.4, 0.5) is 0 Å². The van der Waals surface area contributed by atoms with Gasteiger partial charge in [0.25, 0.3) is 0 Å². The van der Waals surface area contributed by atoms with Crippen LogP contribution in [-0.4, -0.2) is 169 Å². The summed E-state index contributed by atoms with van der Waals surface area (Å²) in [5.41, 5.74) is 0.0191. The molecule has 0 bridgehead atoms. The SMILES string of the molecule is C[C@H]1O[C@@H](O[C@H]2CC[C@@]3(C)[C@H](CC[C@@H]4[C@@H]3CC[C@]3(C)[C@@H](C5=CC(=O)OC5)CC[C@]43O)C2)C[C@@H](O)[C@@H]1O[C@@H]1O[C@H](CO[C@@H]2O[C@H](CO)[C@@H](O)[C@H](O)[C@H]2O)[C@@H](O)[C@H](O)[C@H]1O. The standard InChI is InChI=1S/C41H64O17/c1-18-36(58-38-35(50)33(48)31(46)27(57-38)17-53-37-34(49)32(47)30(45)26(15-42)56-37)25(43)14-29(54-18)55-21-6-9-39(2)20(13-21)4-5-24-23(39)7-10-40(3)22(8-11-41(24,40)51)19-12-28(44)52-16-19/h12,18,20-27,29-38,42-43,45-51H,4-11,13-17H2,1-3H3/t18-,20-,21+,22-,23+,24-,25-,26-,27-,29+,30-,31-,32+,33+,34-,35-,36-,37-,38+,39+,40-,41+/m1/s1. The molecule has 17 heteroatoms. The molecule has 17 nitrogen and oxygen atoms in total. The number of aliphatic hydroxyl groups is 9. The number of hydrogen-bond donors (Lipinski definition) is 9. The van der Waals surface area contributed by atoms with Crippen LogP contribution in [-0.2, 0) is 38.0 Å². The molecule has 0 unspecified atom stereocenters. The van der Waals surface area contributed by atoms with Crippen LogP contribution in [0.2, 0.25) is 0 Å². The molecular weight excluding hydrogens is 764 g/mol. The fourth-order valence-electron chi connectivity index (χ4n) is 12.7. The van der Waals surface area contributed by atoms with Crippen LogP contribution in [0, 0.1) is 34.5 Å². The van der Waals surface area contributed by atoms with E-state index in [2.05, 4.69) is 13.8 Å². The summed E-state index contributed by atoms with van der Waals surface area (Å²) in [5, 5.41) is 95.9. The number of carbonyl (C=O) groups is 1. The Balaban J connectivity index is 0.843. The van der Waals surface area contributed by atoms with Gasteiger partial charge >= 0.3 is 5.97 Å². The zero-order chi connectivity index (χ0) is 41.5. The number of esters is 1. The molecule has 0 aromatic rings. The van der Waals surface area contributed by atoms with Gasteiger partial charge in [0, 0.05) is 17.9 Å². The van der Waals surface area contributed by atoms with Crippen molar-refractivity contribution < 1.29 is 83.9 Å². The van der Waals surface area contributed by atoms with Gasteiger partial charge in [0.1, 0.15) is 61.5 Å². The zero-order valence-electron chi connectivity index (χ0n) is 33.5. The molecule has 58 heavy (non-hydrogen) atoms. The predicted octanol–water partition coefficient (Wildman–Crippen LogP) is -0.866. The highest BCUT2D eigenvalue weighted by atomic mass is 16.7. The van der Waals surface area contributed by atoms with Crippen LogP contribution in [0.25, 0.3) is 0 Å². The number of hydrogen-bond acceptors (Lipinski definition) is 17. The first-order valence-corrected chi connectivity index (χ1v) is 21.3. The summed E-state index contributed by atoms with van der Waals surface area (Å²) in [6.45, 7) is 5.50. The minimum absolute atomic E-state index is 0.0551. The van der Waals surface area contributed by atoms with Crippen LogP contribution in [0.15, 0.2) is 11.6 Å². The molecule has 4 saturated carbocycles. The fraction of sp³-hybridized carbons (Fsp3) is 0.927. The Hall–Kier alpha value is -1.39. The monoisotopic (exact) mass is 828 g/mol. The molecule has 8 aliphatic rings. The Bertz CT molecular complexity index is 1500. The molecule has 4 aliphatic heterocycles. The second-order valence-electron chi connectivity index (χ2n) is 19.0. The molecule has 330 valence electrons. The molecule has 4 aliphatic carbocycles. The summed E-state index contributed by atoms with van der Waals surface area (Å²) in [4.78, 5) is 11.9. The first-order chi connectivity index (χ1) is 27.5. The summed E-state index contributed by atoms with van der Waals surface area (Å²) in [7, 11) is 0. The second kappa shape index (κ2) is 16.4. The predicted molar refractivity (Wildman–Crippen MR) is 197 cm³/mol. The van der Waals surface area contributed by atoms with E-state index in [1.165, 1.54) is 0 Å². The van der Waals surface area contributed by atoms with E-state index in [9.17, 15) is 50.8 Å². The number of cyclic esters (lactones) is 1. The van der Waals surface area contributed by atoms with Crippen LogP contribution in [0.5, 0.6) is 0 Å². The lowest BCUT2D eigenvalue weighted by molar-refractivity contribution is -0.354. The fourth-order valence-corrected chi connectivity index (χ4v) is 12.7. The van der Waals surface area contributed by atoms with E-state index in [0.717, 1.165) is 63.4 Å². The molecular formula is C41H64O17. The number of rotatable bonds is 9. The normalized spacial score (nSPS) is 54.6. The van der Waals surface area contributed by atoms with E-state index in [4.69, 9.17) is 33.2 Å². The Labute approximate surface area is 338 Å². The highest BCUT2D eigenvalue weighted by Crippen LogP contribution is 2.70. The topological polar surface area (TPSA) is 264 Å². The molecule has 3 saturated heterocycles. The maximum absolute atomic E-state index is 12.6. The van der Waals surface area contributed by atoms with Crippen LogP contribution in [0.3, 0.4) is 0 Å². The third-order valence-corrected chi connectivity index (χ3v) is 16.2. The minimum atomic E-state index is -1.74. The van der Waals surface area contributed by atoms with E-state index in [1.54, 1.807) is 13.0 Å². The number of ether oxygens (including phenoxy) is 7. The highest BCUT2D eigenvalue weighted by Gasteiger charge is 2.68. The Kier molecular flexibility index (Phi) is 12.2. The van der Waals surface area contributed by atoms with Crippen molar-refractivity contribution in [3.05, 3.63) is 11.6 Å². The minimum Gasteiger partial charge on any atom is -0.458 e. The summed E-state index contributed by atoms with van der Waals surface area (Å²) in [6.07, 6.45) is -9.44. The lowest BCUT2D eigenvalue weighted by Gasteiger charge is -2.64. The zero-order valence-corrected chi connectivity index (χ0v) is 33.5. The molecule has 0 aromatic carbocycles. The van der Waals surface area contributed by atoms with Crippen molar-refractivity contribution in [2.75, 3.05) is 19.8 Å². The molecule has 7 fully saturated rings. The summed E-state index contributed by atoms with van der Waals surface area (Å²) in [5.74, 6) is 0.874. The lowest BCUT2D eigenvalue weighted by Crippen LogP contribution is -2.63. The van der Waals surface area contributed by atoms with Crippen LogP contribution >= 0.6 is 0 Å². The molecule has 8 rings (SSSR count). The highest BCUT2D eigenvalue weighted by molar-refractivity contribution is 5.85. The van der Waals surface area contributed by atoms with Gasteiger partial charge in [0.2, 0.25) is 0 Å². The van der Waals surface area contributed by atoms with Crippen molar-refractivity contribution in [2.24, 2.45) is 34.5 Å². The molecule has 4 heterocycles. The van der Waals surface area contributed by atoms with Gasteiger partial charge < -0.3 is 79.1 Å². The third kappa shape index (κ3) is 7.30. The Morgan fingerprint density at radius 1 is 0.759 bits per heavy atom. The van der Waals surface area contributed by atoms with Gasteiger partial charge in [-0.2, -0.15) is 0 Å². The van der Waals surface area contributed by atoms with Gasteiger partial charge in [-0.25, -0.2) is 4.79 Å². The van der Waals surface area contributed by atoms with E-state index in [0.29, 0.717) is 18.4 Å².